The van der Waals surface area contributed by atoms with Gasteiger partial charge in [0.15, 0.2) is 5.54 Å². The maximum Gasteiger partial charge on any atom is 0.420 e. The van der Waals surface area contributed by atoms with Crippen molar-refractivity contribution >= 4 is 24.1 Å². The van der Waals surface area contributed by atoms with E-state index in [1.165, 1.54) is 0 Å². The maximum absolute atomic E-state index is 15.7. The number of amides is 2. The number of esters is 2. The molecule has 172 valence electrons. The van der Waals surface area contributed by atoms with E-state index in [0.717, 1.165) is 7.11 Å². The molecule has 0 saturated heterocycles. The Morgan fingerprint density at radius 3 is 1.80 bits per heavy atom. The molecule has 0 aromatic rings. The van der Waals surface area contributed by atoms with Crippen LogP contribution in [0.4, 0.5) is 14.0 Å². The van der Waals surface area contributed by atoms with Crippen molar-refractivity contribution in [2.45, 2.75) is 90.1 Å². The van der Waals surface area contributed by atoms with Gasteiger partial charge >= 0.3 is 24.1 Å². The monoisotopic (exact) mass is 433 g/mol. The number of imide groups is 1. The van der Waals surface area contributed by atoms with Crippen molar-refractivity contribution in [2.75, 3.05) is 13.7 Å². The summed E-state index contributed by atoms with van der Waals surface area (Å²) in [6.07, 6.45) is -3.86. The smallest absolute Gasteiger partial charge is 0.420 e. The highest BCUT2D eigenvalue weighted by Gasteiger charge is 2.81. The molecular weight excluding hydrogens is 401 g/mol. The predicted octanol–water partition coefficient (Wildman–Crippen LogP) is 3.53. The van der Waals surface area contributed by atoms with Crippen molar-refractivity contribution in [1.82, 2.24) is 4.90 Å². The Balaban J connectivity index is 3.35. The van der Waals surface area contributed by atoms with Crippen LogP contribution in [0.1, 0.15) is 67.7 Å². The average molecular weight is 433 g/mol. The van der Waals surface area contributed by atoms with Crippen LogP contribution < -0.4 is 0 Å². The molecule has 9 nitrogen and oxygen atoms in total. The highest BCUT2D eigenvalue weighted by Crippen LogP contribution is 2.59. The van der Waals surface area contributed by atoms with Crippen molar-refractivity contribution in [3.8, 4) is 0 Å². The standard InChI is InChI=1S/C20H32FNO8/c1-9-28-13(23)10-11-19(21)12-20(19,14(24)27-8)22(15(25)29-17(2,3)4)16(26)30-18(5,6)7/h9-12H2,1-8H3/t19-,20?/m0/s1. The Bertz CT molecular complexity index is 668. The number of rotatable bonds is 6. The van der Waals surface area contributed by atoms with Gasteiger partial charge in [-0.3, -0.25) is 4.79 Å². The van der Waals surface area contributed by atoms with E-state index >= 15 is 4.39 Å². The number of hydrogen-bond donors (Lipinski definition) is 0. The molecule has 1 aliphatic carbocycles. The first kappa shape index (κ1) is 25.6. The molecule has 0 spiro atoms. The Hall–Kier alpha value is -2.39. The van der Waals surface area contributed by atoms with E-state index in [1.54, 1.807) is 48.5 Å². The molecule has 1 fully saturated rings. The van der Waals surface area contributed by atoms with Crippen LogP contribution >= 0.6 is 0 Å². The number of ether oxygens (including phenoxy) is 4. The summed E-state index contributed by atoms with van der Waals surface area (Å²) in [7, 11) is 1.01. The van der Waals surface area contributed by atoms with Crippen LogP contribution in [-0.2, 0) is 28.5 Å². The summed E-state index contributed by atoms with van der Waals surface area (Å²) in [5.41, 5.74) is -6.78. The van der Waals surface area contributed by atoms with Crippen molar-refractivity contribution in [2.24, 2.45) is 0 Å². The molecule has 2 amide bonds. The van der Waals surface area contributed by atoms with E-state index in [0.29, 0.717) is 4.90 Å². The second kappa shape index (κ2) is 8.77. The van der Waals surface area contributed by atoms with Gasteiger partial charge in [0.1, 0.15) is 16.9 Å². The molecule has 10 heteroatoms. The first-order chi connectivity index (χ1) is 13.5. The minimum absolute atomic E-state index is 0.113. The van der Waals surface area contributed by atoms with Crippen molar-refractivity contribution in [3.05, 3.63) is 0 Å². The third-order valence-electron chi connectivity index (χ3n) is 4.24. The molecule has 0 aliphatic heterocycles. The van der Waals surface area contributed by atoms with E-state index in [1.807, 2.05) is 0 Å². The molecule has 30 heavy (non-hydrogen) atoms. The van der Waals surface area contributed by atoms with E-state index in [-0.39, 0.29) is 13.0 Å². The Kier molecular flexibility index (Phi) is 7.50. The summed E-state index contributed by atoms with van der Waals surface area (Å²) in [4.78, 5) is 50.4. The number of alkyl halides is 1. The summed E-state index contributed by atoms with van der Waals surface area (Å²) in [6, 6.07) is 0. The fourth-order valence-electron chi connectivity index (χ4n) is 2.99. The van der Waals surface area contributed by atoms with Gasteiger partial charge in [-0.1, -0.05) is 0 Å². The first-order valence-electron chi connectivity index (χ1n) is 9.72. The van der Waals surface area contributed by atoms with Gasteiger partial charge < -0.3 is 18.9 Å². The molecule has 1 rings (SSSR count). The second-order valence-electron chi connectivity index (χ2n) is 9.10. The first-order valence-corrected chi connectivity index (χ1v) is 9.72. The third kappa shape index (κ3) is 5.82. The van der Waals surface area contributed by atoms with Crippen LogP contribution in [0.3, 0.4) is 0 Å². The molecule has 1 saturated carbocycles. The molecule has 2 atom stereocenters. The number of carbonyl (C=O) groups excluding carboxylic acids is 4. The molecule has 0 N–H and O–H groups in total. The largest absolute Gasteiger partial charge is 0.467 e. The van der Waals surface area contributed by atoms with Gasteiger partial charge in [0, 0.05) is 12.8 Å². The Morgan fingerprint density at radius 1 is 0.967 bits per heavy atom. The lowest BCUT2D eigenvalue weighted by atomic mass is 10.1. The Labute approximate surface area is 176 Å². The third-order valence-corrected chi connectivity index (χ3v) is 4.24. The van der Waals surface area contributed by atoms with Gasteiger partial charge in [-0.25, -0.2) is 18.8 Å². The quantitative estimate of drug-likeness (QED) is 0.462. The van der Waals surface area contributed by atoms with Gasteiger partial charge in [0.25, 0.3) is 0 Å². The minimum Gasteiger partial charge on any atom is -0.467 e. The fourth-order valence-corrected chi connectivity index (χ4v) is 2.99. The summed E-state index contributed by atoms with van der Waals surface area (Å²) < 4.78 is 35.7. The molecule has 0 heterocycles. The fraction of sp³-hybridized carbons (Fsp3) is 0.800. The van der Waals surface area contributed by atoms with E-state index in [2.05, 4.69) is 0 Å². The molecule has 1 unspecified atom stereocenters. The van der Waals surface area contributed by atoms with Crippen molar-refractivity contribution in [1.29, 1.82) is 0 Å². The van der Waals surface area contributed by atoms with Crippen LogP contribution in [0.25, 0.3) is 0 Å². The molecule has 1 aliphatic rings. The maximum atomic E-state index is 15.7. The van der Waals surface area contributed by atoms with E-state index < -0.39 is 59.4 Å². The number of nitrogens with zero attached hydrogens (tertiary/aromatic N) is 1. The SMILES string of the molecule is CCOC(=O)CC[C@]1(F)CC1(C(=O)OC)N(C(=O)OC(C)(C)C)C(=O)OC(C)(C)C. The minimum atomic E-state index is -2.40. The summed E-state index contributed by atoms with van der Waals surface area (Å²) in [6.45, 7) is 11.0. The van der Waals surface area contributed by atoms with Crippen LogP contribution in [0.5, 0.6) is 0 Å². The van der Waals surface area contributed by atoms with Crippen LogP contribution in [0.15, 0.2) is 0 Å². The van der Waals surface area contributed by atoms with Gasteiger partial charge in [-0.05, 0) is 54.9 Å². The summed E-state index contributed by atoms with van der Waals surface area (Å²) in [5, 5.41) is 0. The number of carbonyl (C=O) groups is 4. The topological polar surface area (TPSA) is 108 Å². The highest BCUT2D eigenvalue weighted by molar-refractivity contribution is 6.00. The lowest BCUT2D eigenvalue weighted by Crippen LogP contribution is -2.57. The molecule has 0 bridgehead atoms. The highest BCUT2D eigenvalue weighted by atomic mass is 19.1. The predicted molar refractivity (Wildman–Crippen MR) is 103 cm³/mol. The number of hydrogen-bond acceptors (Lipinski definition) is 8. The lowest BCUT2D eigenvalue weighted by molar-refractivity contribution is -0.151. The van der Waals surface area contributed by atoms with Crippen LogP contribution in [-0.4, -0.2) is 65.2 Å². The molecule has 0 radical (unpaired) electrons. The molecular formula is C20H32FNO8. The zero-order valence-corrected chi connectivity index (χ0v) is 18.9. The molecule has 0 aromatic carbocycles. The second-order valence-corrected chi connectivity index (χ2v) is 9.10. The van der Waals surface area contributed by atoms with Gasteiger partial charge in [0.05, 0.1) is 13.7 Å². The van der Waals surface area contributed by atoms with Gasteiger partial charge in [-0.2, -0.15) is 4.90 Å². The van der Waals surface area contributed by atoms with Crippen LogP contribution in [0, 0.1) is 0 Å². The summed E-state index contributed by atoms with van der Waals surface area (Å²) >= 11 is 0. The Morgan fingerprint density at radius 2 is 1.43 bits per heavy atom. The average Bonchev–Trinajstić information content (AvgIpc) is 3.16. The van der Waals surface area contributed by atoms with Crippen LogP contribution in [0.2, 0.25) is 0 Å². The zero-order chi connectivity index (χ0) is 23.5. The van der Waals surface area contributed by atoms with Crippen molar-refractivity contribution in [3.63, 3.8) is 0 Å². The van der Waals surface area contributed by atoms with Gasteiger partial charge in [-0.15, -0.1) is 0 Å². The van der Waals surface area contributed by atoms with E-state index in [9.17, 15) is 19.2 Å². The lowest BCUT2D eigenvalue weighted by Gasteiger charge is -2.33. The molecule has 0 aromatic heterocycles. The number of halogens is 1. The summed E-state index contributed by atoms with van der Waals surface area (Å²) in [5.74, 6) is -1.81. The van der Waals surface area contributed by atoms with E-state index in [4.69, 9.17) is 18.9 Å². The number of methoxy groups -OCH3 is 1. The zero-order valence-electron chi connectivity index (χ0n) is 18.9. The normalized spacial score (nSPS) is 23.2. The van der Waals surface area contributed by atoms with Gasteiger partial charge in [0.2, 0.25) is 0 Å². The van der Waals surface area contributed by atoms with Crippen molar-refractivity contribution < 1.29 is 42.5 Å².